The molecule has 0 saturated carbocycles. The van der Waals surface area contributed by atoms with Crippen molar-refractivity contribution in [2.24, 2.45) is 0 Å². The van der Waals surface area contributed by atoms with E-state index in [-0.39, 0.29) is 12.5 Å². The molecule has 4 nitrogen and oxygen atoms in total. The summed E-state index contributed by atoms with van der Waals surface area (Å²) in [6.45, 7) is 8.21. The van der Waals surface area contributed by atoms with Crippen LogP contribution in [0.15, 0.2) is 24.3 Å². The Labute approximate surface area is 128 Å². The van der Waals surface area contributed by atoms with Gasteiger partial charge in [-0.2, -0.15) is 0 Å². The maximum absolute atomic E-state index is 12.0. The molecule has 0 atom stereocenters. The Morgan fingerprint density at radius 1 is 1.24 bits per heavy atom. The molecule has 1 aromatic carbocycles. The molecule has 0 radical (unpaired) electrons. The third kappa shape index (κ3) is 6.74. The van der Waals surface area contributed by atoms with Gasteiger partial charge in [0, 0.05) is 12.2 Å². The Kier molecular flexibility index (Phi) is 8.01. The predicted molar refractivity (Wildman–Crippen MR) is 87.6 cm³/mol. The summed E-state index contributed by atoms with van der Waals surface area (Å²) < 4.78 is 0. The largest absolute Gasteiger partial charge is 0.395 e. The molecule has 0 aromatic heterocycles. The van der Waals surface area contributed by atoms with Crippen LogP contribution in [0.2, 0.25) is 0 Å². The molecule has 0 aliphatic carbocycles. The maximum Gasteiger partial charge on any atom is 0.238 e. The molecule has 4 heteroatoms. The molecule has 118 valence electrons. The minimum atomic E-state index is -0.0307. The number of hydrogen-bond donors (Lipinski definition) is 2. The van der Waals surface area contributed by atoms with Crippen molar-refractivity contribution in [3.8, 4) is 0 Å². The van der Waals surface area contributed by atoms with E-state index in [2.05, 4.69) is 26.1 Å². The summed E-state index contributed by atoms with van der Waals surface area (Å²) in [5, 5.41) is 12.0. The third-order valence-electron chi connectivity index (χ3n) is 3.47. The van der Waals surface area contributed by atoms with Crippen molar-refractivity contribution in [1.29, 1.82) is 0 Å². The quantitative estimate of drug-likeness (QED) is 0.736. The van der Waals surface area contributed by atoms with Gasteiger partial charge in [0.2, 0.25) is 5.91 Å². The van der Waals surface area contributed by atoms with Crippen LogP contribution in [0.1, 0.15) is 45.1 Å². The Hall–Kier alpha value is -1.39. The van der Waals surface area contributed by atoms with E-state index in [1.807, 2.05) is 29.2 Å². The normalized spacial score (nSPS) is 11.1. The third-order valence-corrected chi connectivity index (χ3v) is 3.47. The molecule has 0 bridgehead atoms. The van der Waals surface area contributed by atoms with Crippen LogP contribution in [0.5, 0.6) is 0 Å². The van der Waals surface area contributed by atoms with Crippen LogP contribution in [0.25, 0.3) is 0 Å². The lowest BCUT2D eigenvalue weighted by molar-refractivity contribution is -0.117. The number of benzene rings is 1. The van der Waals surface area contributed by atoms with Crippen LogP contribution in [0.3, 0.4) is 0 Å². The number of rotatable bonds is 9. The highest BCUT2D eigenvalue weighted by Crippen LogP contribution is 2.17. The predicted octanol–water partition coefficient (Wildman–Crippen LogP) is 2.84. The monoisotopic (exact) mass is 292 g/mol. The highest BCUT2D eigenvalue weighted by molar-refractivity contribution is 5.92. The first-order valence-corrected chi connectivity index (χ1v) is 7.79. The number of unbranched alkanes of at least 4 members (excludes halogenated alkanes) is 1. The fourth-order valence-corrected chi connectivity index (χ4v) is 2.15. The number of anilines is 1. The lowest BCUT2D eigenvalue weighted by Gasteiger charge is -2.20. The number of amides is 1. The van der Waals surface area contributed by atoms with Gasteiger partial charge >= 0.3 is 0 Å². The van der Waals surface area contributed by atoms with Crippen LogP contribution in [0.4, 0.5) is 5.69 Å². The summed E-state index contributed by atoms with van der Waals surface area (Å²) in [5.74, 6) is 0.459. The molecule has 0 fully saturated rings. The Balaban J connectivity index is 2.50. The number of carbonyl (C=O) groups is 1. The maximum atomic E-state index is 12.0. The Morgan fingerprint density at radius 3 is 2.43 bits per heavy atom. The molecule has 2 N–H and O–H groups in total. The summed E-state index contributed by atoms with van der Waals surface area (Å²) in [6, 6.07) is 7.97. The van der Waals surface area contributed by atoms with Gasteiger partial charge < -0.3 is 10.4 Å². The molecule has 0 aliphatic rings. The summed E-state index contributed by atoms with van der Waals surface area (Å²) in [6.07, 6.45) is 2.12. The van der Waals surface area contributed by atoms with Crippen molar-refractivity contribution in [1.82, 2.24) is 4.90 Å². The smallest absolute Gasteiger partial charge is 0.238 e. The second kappa shape index (κ2) is 9.53. The molecule has 1 aromatic rings. The molecule has 0 spiro atoms. The SMILES string of the molecule is CCCCN(CCO)CC(=O)Nc1ccc(C(C)C)cc1. The highest BCUT2D eigenvalue weighted by Gasteiger charge is 2.10. The number of carbonyl (C=O) groups excluding carboxylic acids is 1. The minimum Gasteiger partial charge on any atom is -0.395 e. The average molecular weight is 292 g/mol. The first kappa shape index (κ1) is 17.7. The fourth-order valence-electron chi connectivity index (χ4n) is 2.15. The van der Waals surface area contributed by atoms with E-state index >= 15 is 0 Å². The zero-order valence-corrected chi connectivity index (χ0v) is 13.4. The van der Waals surface area contributed by atoms with Gasteiger partial charge in [-0.1, -0.05) is 39.3 Å². The van der Waals surface area contributed by atoms with E-state index in [1.165, 1.54) is 5.56 Å². The minimum absolute atomic E-state index is 0.0307. The summed E-state index contributed by atoms with van der Waals surface area (Å²) in [7, 11) is 0. The van der Waals surface area contributed by atoms with Gasteiger partial charge in [0.25, 0.3) is 0 Å². The average Bonchev–Trinajstić information content (AvgIpc) is 2.45. The van der Waals surface area contributed by atoms with E-state index in [4.69, 9.17) is 5.11 Å². The summed E-state index contributed by atoms with van der Waals surface area (Å²) >= 11 is 0. The topological polar surface area (TPSA) is 52.6 Å². The number of nitrogens with zero attached hydrogens (tertiary/aromatic N) is 1. The van der Waals surface area contributed by atoms with Gasteiger partial charge in [-0.15, -0.1) is 0 Å². The molecular weight excluding hydrogens is 264 g/mol. The van der Waals surface area contributed by atoms with E-state index in [1.54, 1.807) is 0 Å². The molecule has 1 rings (SSSR count). The van der Waals surface area contributed by atoms with Gasteiger partial charge in [0.1, 0.15) is 0 Å². The van der Waals surface area contributed by atoms with Crippen LogP contribution in [0, 0.1) is 0 Å². The highest BCUT2D eigenvalue weighted by atomic mass is 16.3. The number of aliphatic hydroxyl groups excluding tert-OH is 1. The summed E-state index contributed by atoms with van der Waals surface area (Å²) in [5.41, 5.74) is 2.08. The Bertz CT molecular complexity index is 415. The van der Waals surface area contributed by atoms with Crippen LogP contribution >= 0.6 is 0 Å². The lowest BCUT2D eigenvalue weighted by Crippen LogP contribution is -2.35. The molecule has 0 unspecified atom stereocenters. The molecule has 21 heavy (non-hydrogen) atoms. The van der Waals surface area contributed by atoms with Crippen LogP contribution in [-0.4, -0.2) is 42.2 Å². The van der Waals surface area contributed by atoms with Gasteiger partial charge in [0.15, 0.2) is 0 Å². The lowest BCUT2D eigenvalue weighted by atomic mass is 10.0. The van der Waals surface area contributed by atoms with Crippen molar-refractivity contribution < 1.29 is 9.90 Å². The molecule has 0 saturated heterocycles. The van der Waals surface area contributed by atoms with Crippen molar-refractivity contribution in [3.63, 3.8) is 0 Å². The Morgan fingerprint density at radius 2 is 1.90 bits per heavy atom. The molecular formula is C17H28N2O2. The van der Waals surface area contributed by atoms with Crippen molar-refractivity contribution in [3.05, 3.63) is 29.8 Å². The molecule has 0 heterocycles. The van der Waals surface area contributed by atoms with Gasteiger partial charge in [-0.05, 0) is 36.6 Å². The van der Waals surface area contributed by atoms with Crippen molar-refractivity contribution in [2.45, 2.75) is 39.5 Å². The number of nitrogens with one attached hydrogen (secondary N) is 1. The van der Waals surface area contributed by atoms with E-state index in [0.717, 1.165) is 25.1 Å². The van der Waals surface area contributed by atoms with E-state index in [9.17, 15) is 4.79 Å². The standard InChI is InChI=1S/C17H28N2O2/c1-4-5-10-19(11-12-20)13-17(21)18-16-8-6-15(7-9-16)14(2)3/h6-9,14,20H,4-5,10-13H2,1-3H3,(H,18,21). The van der Waals surface area contributed by atoms with Gasteiger partial charge in [0.05, 0.1) is 13.2 Å². The van der Waals surface area contributed by atoms with Crippen LogP contribution < -0.4 is 5.32 Å². The second-order valence-corrected chi connectivity index (χ2v) is 5.68. The number of aliphatic hydroxyl groups is 1. The van der Waals surface area contributed by atoms with E-state index in [0.29, 0.717) is 19.0 Å². The molecule has 0 aliphatic heterocycles. The van der Waals surface area contributed by atoms with Gasteiger partial charge in [-0.3, -0.25) is 9.69 Å². The van der Waals surface area contributed by atoms with E-state index < -0.39 is 0 Å². The fraction of sp³-hybridized carbons (Fsp3) is 0.588. The van der Waals surface area contributed by atoms with Crippen molar-refractivity contribution >= 4 is 11.6 Å². The van der Waals surface area contributed by atoms with Crippen LogP contribution in [-0.2, 0) is 4.79 Å². The second-order valence-electron chi connectivity index (χ2n) is 5.68. The zero-order chi connectivity index (χ0) is 15.7. The first-order chi connectivity index (χ1) is 10.1. The first-order valence-electron chi connectivity index (χ1n) is 7.79. The van der Waals surface area contributed by atoms with Gasteiger partial charge in [-0.25, -0.2) is 0 Å². The van der Waals surface area contributed by atoms with Crippen molar-refractivity contribution in [2.75, 3.05) is 31.6 Å². The number of hydrogen-bond acceptors (Lipinski definition) is 3. The molecule has 1 amide bonds. The summed E-state index contributed by atoms with van der Waals surface area (Å²) in [4.78, 5) is 14.0. The zero-order valence-electron chi connectivity index (χ0n) is 13.4.